The van der Waals surface area contributed by atoms with Gasteiger partial charge in [-0.3, -0.25) is 0 Å². The molecule has 0 heterocycles. The molecule has 0 spiro atoms. The van der Waals surface area contributed by atoms with Crippen LogP contribution in [0.15, 0.2) is 0 Å². The van der Waals surface area contributed by atoms with Gasteiger partial charge in [0.1, 0.15) is 10.1 Å². The van der Waals surface area contributed by atoms with Crippen molar-refractivity contribution in [3.63, 3.8) is 0 Å². The first-order valence-electron chi connectivity index (χ1n) is 5.51. The van der Waals surface area contributed by atoms with Crippen LogP contribution in [0.3, 0.4) is 0 Å². The third-order valence-corrected chi connectivity index (χ3v) is 4.06. The Morgan fingerprint density at radius 1 is 0.567 bits per heavy atom. The van der Waals surface area contributed by atoms with Gasteiger partial charge >= 0.3 is 99.9 Å². The summed E-state index contributed by atoms with van der Waals surface area (Å²) in [5.41, 5.74) is 0. The van der Waals surface area contributed by atoms with Crippen molar-refractivity contribution in [2.75, 3.05) is 0 Å². The Bertz CT molecular complexity index is 750. The van der Waals surface area contributed by atoms with E-state index in [1.54, 1.807) is 0 Å². The molecule has 22 heteroatoms. The van der Waals surface area contributed by atoms with E-state index >= 15 is 0 Å². The number of carbonyl (C=O) groups excluding carboxylic acids is 1. The summed E-state index contributed by atoms with van der Waals surface area (Å²) < 4.78 is 209. The van der Waals surface area contributed by atoms with Crippen LogP contribution in [0, 0.1) is 0 Å². The smallest absolute Gasteiger partial charge is 0.745 e. The zero-order valence-corrected chi connectivity index (χ0v) is 18.6. The van der Waals surface area contributed by atoms with Crippen molar-refractivity contribution in [3.05, 3.63) is 0 Å². The monoisotopic (exact) mass is 520 g/mol. The number of carboxylic acid groups (broad SMARTS) is 1. The summed E-state index contributed by atoms with van der Waals surface area (Å²) in [4.78, 5) is 10.1. The van der Waals surface area contributed by atoms with E-state index in [4.69, 9.17) is 0 Å². The molecule has 0 rings (SSSR count). The second kappa shape index (κ2) is 8.98. The Hall–Kier alpha value is 0.400. The van der Waals surface area contributed by atoms with Gasteiger partial charge in [-0.25, -0.2) is 12.8 Å². The minimum Gasteiger partial charge on any atom is -0.745 e. The number of hydrogen-bond donors (Lipinski definition) is 0. The van der Waals surface area contributed by atoms with E-state index in [9.17, 15) is 84.3 Å². The molecule has 0 aromatic heterocycles. The van der Waals surface area contributed by atoms with Gasteiger partial charge in [-0.2, -0.15) is 57.1 Å². The van der Waals surface area contributed by atoms with Crippen molar-refractivity contribution in [2.24, 2.45) is 0 Å². The maximum atomic E-state index is 13.4. The van der Waals surface area contributed by atoms with Crippen molar-refractivity contribution in [1.82, 2.24) is 0 Å². The molecule has 0 fully saturated rings. The number of aliphatic carboxylic acids is 1. The fraction of sp³-hybridized carbons (Fsp3) is 0.875. The standard InChI is InChI=1S/C8H2F14O5S.2Na/c9-2(1(23)24,28(25,26)27)3(10,11)4(12,13)5(14,15)6(16,17)7(18,19)8(20,21)22;;/h(H,23,24)(H,25,26,27);;/q;2*+1/p-2. The summed E-state index contributed by atoms with van der Waals surface area (Å²) in [6.45, 7) is 0. The van der Waals surface area contributed by atoms with Crippen molar-refractivity contribution < 1.29 is 143 Å². The average molecular weight is 520 g/mol. The maximum Gasteiger partial charge on any atom is 1.00 e. The molecular weight excluding hydrogens is 520 g/mol. The molecule has 0 amide bonds. The molecule has 30 heavy (non-hydrogen) atoms. The fourth-order valence-corrected chi connectivity index (χ4v) is 2.00. The van der Waals surface area contributed by atoms with Crippen molar-refractivity contribution in [2.45, 2.75) is 40.8 Å². The third-order valence-electron chi connectivity index (χ3n) is 2.94. The van der Waals surface area contributed by atoms with E-state index < -0.39 is 56.9 Å². The summed E-state index contributed by atoms with van der Waals surface area (Å²) in [7, 11) is -8.07. The second-order valence-corrected chi connectivity index (χ2v) is 6.18. The van der Waals surface area contributed by atoms with Crippen LogP contribution in [0.1, 0.15) is 0 Å². The number of carboxylic acids is 1. The summed E-state index contributed by atoms with van der Waals surface area (Å²) in [5.74, 6) is -47.2. The van der Waals surface area contributed by atoms with Gasteiger partial charge < -0.3 is 14.5 Å². The van der Waals surface area contributed by atoms with Gasteiger partial charge in [-0.1, -0.05) is 0 Å². The normalized spacial score (nSPS) is 16.8. The molecule has 0 aliphatic heterocycles. The first-order valence-corrected chi connectivity index (χ1v) is 6.92. The summed E-state index contributed by atoms with van der Waals surface area (Å²) in [6.07, 6.45) is -7.81. The SMILES string of the molecule is O=C([O-])C(F)(C(F)(F)C(F)(F)C(F)(F)C(F)(F)C(F)(F)C(F)(F)F)S(=O)(=O)[O-].[Na+].[Na+]. The van der Waals surface area contributed by atoms with Crippen LogP contribution in [-0.4, -0.2) is 59.7 Å². The predicted molar refractivity (Wildman–Crippen MR) is 49.3 cm³/mol. The topological polar surface area (TPSA) is 97.3 Å². The third kappa shape index (κ3) is 4.43. The molecule has 0 N–H and O–H groups in total. The Labute approximate surface area is 199 Å². The largest absolute Gasteiger partial charge is 1.00 e. The summed E-state index contributed by atoms with van der Waals surface area (Å²) in [5, 5.41) is 2.55. The van der Waals surface area contributed by atoms with Crippen LogP contribution < -0.4 is 64.2 Å². The first-order chi connectivity index (χ1) is 11.7. The van der Waals surface area contributed by atoms with Gasteiger partial charge in [0.05, 0.1) is 5.97 Å². The Kier molecular flexibility index (Phi) is 10.5. The molecule has 0 bridgehead atoms. The fourth-order valence-electron chi connectivity index (χ4n) is 1.36. The minimum atomic E-state index is -8.69. The Balaban J connectivity index is -0.00000364. The van der Waals surface area contributed by atoms with Gasteiger partial charge in [-0.05, 0) is 0 Å². The molecule has 0 aromatic rings. The Morgan fingerprint density at radius 3 is 1.00 bits per heavy atom. The molecule has 1 unspecified atom stereocenters. The van der Waals surface area contributed by atoms with Crippen LogP contribution in [0.5, 0.6) is 0 Å². The zero-order chi connectivity index (χ0) is 23.6. The average Bonchev–Trinajstić information content (AvgIpc) is 2.42. The van der Waals surface area contributed by atoms with Crippen molar-refractivity contribution in [3.8, 4) is 0 Å². The number of hydrogen-bond acceptors (Lipinski definition) is 5. The van der Waals surface area contributed by atoms with Crippen LogP contribution in [0.2, 0.25) is 0 Å². The zero-order valence-electron chi connectivity index (χ0n) is 13.7. The molecular formula is C8F14Na2O5S. The number of halogens is 14. The molecule has 168 valence electrons. The summed E-state index contributed by atoms with van der Waals surface area (Å²) in [6, 6.07) is 0. The first kappa shape index (κ1) is 35.0. The molecule has 0 radical (unpaired) electrons. The van der Waals surface area contributed by atoms with E-state index in [1.165, 1.54) is 0 Å². The van der Waals surface area contributed by atoms with Gasteiger partial charge in [0.25, 0.3) is 0 Å². The van der Waals surface area contributed by atoms with Gasteiger partial charge in [-0.15, -0.1) is 0 Å². The molecule has 0 saturated carbocycles. The molecule has 5 nitrogen and oxygen atoms in total. The summed E-state index contributed by atoms with van der Waals surface area (Å²) >= 11 is 0. The maximum absolute atomic E-state index is 13.4. The van der Waals surface area contributed by atoms with Crippen molar-refractivity contribution >= 4 is 16.1 Å². The number of carbonyl (C=O) groups is 1. The van der Waals surface area contributed by atoms with Crippen LogP contribution in [-0.2, 0) is 14.9 Å². The van der Waals surface area contributed by atoms with E-state index in [0.717, 1.165) is 0 Å². The van der Waals surface area contributed by atoms with E-state index in [2.05, 4.69) is 0 Å². The number of rotatable bonds is 7. The van der Waals surface area contributed by atoms with Crippen LogP contribution in [0.25, 0.3) is 0 Å². The van der Waals surface area contributed by atoms with E-state index in [1.807, 2.05) is 0 Å². The molecule has 0 aliphatic rings. The van der Waals surface area contributed by atoms with Gasteiger partial charge in [0.2, 0.25) is 0 Å². The quantitative estimate of drug-likeness (QED) is 0.193. The minimum absolute atomic E-state index is 0. The van der Waals surface area contributed by atoms with E-state index in [-0.39, 0.29) is 59.1 Å². The predicted octanol–water partition coefficient (Wildman–Crippen LogP) is -4.31. The van der Waals surface area contributed by atoms with E-state index in [0.29, 0.717) is 0 Å². The number of alkyl halides is 14. The van der Waals surface area contributed by atoms with Crippen LogP contribution >= 0.6 is 0 Å². The molecule has 1 atom stereocenters. The second-order valence-electron chi connectivity index (χ2n) is 4.71. The van der Waals surface area contributed by atoms with Crippen LogP contribution in [0.4, 0.5) is 61.5 Å². The molecule has 0 aromatic carbocycles. The molecule has 0 aliphatic carbocycles. The Morgan fingerprint density at radius 2 is 0.800 bits per heavy atom. The molecule has 0 saturated heterocycles. The van der Waals surface area contributed by atoms with Gasteiger partial charge in [0.15, 0.2) is 0 Å². The van der Waals surface area contributed by atoms with Gasteiger partial charge in [0, 0.05) is 0 Å². The van der Waals surface area contributed by atoms with Crippen molar-refractivity contribution in [1.29, 1.82) is 0 Å².